The zero-order valence-corrected chi connectivity index (χ0v) is 16.7. The van der Waals surface area contributed by atoms with Gasteiger partial charge in [0.1, 0.15) is 5.65 Å². The molecule has 0 spiro atoms. The SMILES string of the molecule is Cc1ccc(-c2c(C(OC(C)(C)C)C(=O)O)c(C)nc3c2ccn3C)cc1. The number of hydrogen-bond donors (Lipinski definition) is 1. The van der Waals surface area contributed by atoms with Crippen LogP contribution in [0.4, 0.5) is 0 Å². The summed E-state index contributed by atoms with van der Waals surface area (Å²) in [5, 5.41) is 10.9. The van der Waals surface area contributed by atoms with E-state index in [1.165, 1.54) is 0 Å². The van der Waals surface area contributed by atoms with Crippen molar-refractivity contribution in [3.05, 3.63) is 53.3 Å². The van der Waals surface area contributed by atoms with Crippen molar-refractivity contribution >= 4 is 17.0 Å². The van der Waals surface area contributed by atoms with Crippen LogP contribution < -0.4 is 0 Å². The molecule has 142 valence electrons. The first-order valence-corrected chi connectivity index (χ1v) is 9.01. The summed E-state index contributed by atoms with van der Waals surface area (Å²) in [6, 6.07) is 10.1. The number of aryl methyl sites for hydroxylation is 3. The van der Waals surface area contributed by atoms with Crippen LogP contribution >= 0.6 is 0 Å². The molecule has 0 saturated heterocycles. The van der Waals surface area contributed by atoms with Gasteiger partial charge in [0.05, 0.1) is 5.60 Å². The van der Waals surface area contributed by atoms with E-state index in [4.69, 9.17) is 9.72 Å². The predicted octanol–water partition coefficient (Wildman–Crippen LogP) is 4.80. The van der Waals surface area contributed by atoms with Gasteiger partial charge in [0.2, 0.25) is 0 Å². The fourth-order valence-electron chi connectivity index (χ4n) is 3.34. The first-order valence-electron chi connectivity index (χ1n) is 9.01. The molecule has 0 radical (unpaired) electrons. The van der Waals surface area contributed by atoms with E-state index in [1.807, 2.05) is 82.8 Å². The molecule has 0 aliphatic carbocycles. The number of aromatic nitrogens is 2. The third-order valence-electron chi connectivity index (χ3n) is 4.54. The van der Waals surface area contributed by atoms with Crippen LogP contribution in [0, 0.1) is 13.8 Å². The Bertz CT molecular complexity index is 995. The molecule has 0 aliphatic heterocycles. The monoisotopic (exact) mass is 366 g/mol. The molecule has 3 aromatic rings. The lowest BCUT2D eigenvalue weighted by Gasteiger charge is -2.27. The van der Waals surface area contributed by atoms with E-state index < -0.39 is 17.7 Å². The summed E-state index contributed by atoms with van der Waals surface area (Å²) < 4.78 is 7.91. The quantitative estimate of drug-likeness (QED) is 0.720. The van der Waals surface area contributed by atoms with Crippen molar-refractivity contribution in [2.45, 2.75) is 46.3 Å². The van der Waals surface area contributed by atoms with Gasteiger partial charge in [-0.25, -0.2) is 9.78 Å². The molecule has 2 heterocycles. The minimum absolute atomic E-state index is 0.605. The summed E-state index contributed by atoms with van der Waals surface area (Å²) >= 11 is 0. The van der Waals surface area contributed by atoms with Crippen molar-refractivity contribution in [1.82, 2.24) is 9.55 Å². The highest BCUT2D eigenvalue weighted by molar-refractivity contribution is 5.97. The molecule has 1 unspecified atom stereocenters. The maximum atomic E-state index is 12.2. The second kappa shape index (κ2) is 6.82. The topological polar surface area (TPSA) is 64.3 Å². The Morgan fingerprint density at radius 1 is 1.15 bits per heavy atom. The summed E-state index contributed by atoms with van der Waals surface area (Å²) in [4.78, 5) is 16.8. The van der Waals surface area contributed by atoms with Crippen molar-refractivity contribution < 1.29 is 14.6 Å². The van der Waals surface area contributed by atoms with E-state index >= 15 is 0 Å². The number of hydrogen-bond acceptors (Lipinski definition) is 3. The van der Waals surface area contributed by atoms with E-state index in [-0.39, 0.29) is 0 Å². The predicted molar refractivity (Wildman–Crippen MR) is 107 cm³/mol. The smallest absolute Gasteiger partial charge is 0.337 e. The van der Waals surface area contributed by atoms with Gasteiger partial charge in [-0.1, -0.05) is 29.8 Å². The molecule has 1 aromatic carbocycles. The van der Waals surface area contributed by atoms with Crippen LogP contribution in [0.25, 0.3) is 22.2 Å². The lowest BCUT2D eigenvalue weighted by molar-refractivity contribution is -0.160. The average Bonchev–Trinajstić information content (AvgIpc) is 2.92. The molecule has 2 aromatic heterocycles. The van der Waals surface area contributed by atoms with Crippen molar-refractivity contribution in [3.63, 3.8) is 0 Å². The molecular formula is C22H26N2O3. The van der Waals surface area contributed by atoms with Gasteiger partial charge in [0, 0.05) is 35.5 Å². The first-order chi connectivity index (χ1) is 12.6. The summed E-state index contributed by atoms with van der Waals surface area (Å²) in [6.45, 7) is 9.46. The van der Waals surface area contributed by atoms with E-state index in [9.17, 15) is 9.90 Å². The lowest BCUT2D eigenvalue weighted by atomic mass is 9.92. The summed E-state index contributed by atoms with van der Waals surface area (Å²) in [6.07, 6.45) is 0.845. The van der Waals surface area contributed by atoms with E-state index in [0.717, 1.165) is 27.7 Å². The number of carbonyl (C=O) groups is 1. The normalized spacial score (nSPS) is 13.1. The van der Waals surface area contributed by atoms with Gasteiger partial charge in [0.15, 0.2) is 6.10 Å². The number of benzene rings is 1. The van der Waals surface area contributed by atoms with Crippen LogP contribution in [0.3, 0.4) is 0 Å². The second-order valence-electron chi connectivity index (χ2n) is 7.96. The highest BCUT2D eigenvalue weighted by Crippen LogP contribution is 2.39. The third kappa shape index (κ3) is 3.74. The first kappa shape index (κ1) is 19.1. The number of aliphatic carboxylic acids is 1. The van der Waals surface area contributed by atoms with Crippen LogP contribution in [-0.4, -0.2) is 26.2 Å². The third-order valence-corrected chi connectivity index (χ3v) is 4.54. The van der Waals surface area contributed by atoms with Gasteiger partial charge in [-0.3, -0.25) is 0 Å². The van der Waals surface area contributed by atoms with Gasteiger partial charge in [-0.15, -0.1) is 0 Å². The number of rotatable bonds is 4. The zero-order valence-electron chi connectivity index (χ0n) is 16.7. The van der Waals surface area contributed by atoms with Crippen LogP contribution in [0.1, 0.15) is 43.7 Å². The van der Waals surface area contributed by atoms with Crippen molar-refractivity contribution in [2.24, 2.45) is 7.05 Å². The van der Waals surface area contributed by atoms with Gasteiger partial charge in [0.25, 0.3) is 0 Å². The molecule has 0 amide bonds. The molecule has 3 rings (SSSR count). The van der Waals surface area contributed by atoms with Crippen LogP contribution in [-0.2, 0) is 16.6 Å². The Morgan fingerprint density at radius 2 is 1.78 bits per heavy atom. The van der Waals surface area contributed by atoms with Crippen LogP contribution in [0.2, 0.25) is 0 Å². The Kier molecular flexibility index (Phi) is 4.82. The second-order valence-corrected chi connectivity index (χ2v) is 7.96. The van der Waals surface area contributed by atoms with E-state index in [0.29, 0.717) is 11.3 Å². The molecule has 5 heteroatoms. The number of carboxylic acids is 1. The van der Waals surface area contributed by atoms with Crippen molar-refractivity contribution in [1.29, 1.82) is 0 Å². The Balaban J connectivity index is 2.37. The Hall–Kier alpha value is -2.66. The highest BCUT2D eigenvalue weighted by atomic mass is 16.5. The van der Waals surface area contributed by atoms with Gasteiger partial charge in [-0.2, -0.15) is 0 Å². The maximum Gasteiger partial charge on any atom is 0.337 e. The molecule has 27 heavy (non-hydrogen) atoms. The number of fused-ring (bicyclic) bond motifs is 1. The minimum Gasteiger partial charge on any atom is -0.479 e. The highest BCUT2D eigenvalue weighted by Gasteiger charge is 2.32. The maximum absolute atomic E-state index is 12.2. The summed E-state index contributed by atoms with van der Waals surface area (Å²) in [7, 11) is 1.94. The Labute approximate surface area is 159 Å². The number of pyridine rings is 1. The van der Waals surface area contributed by atoms with E-state index in [2.05, 4.69) is 0 Å². The molecular weight excluding hydrogens is 340 g/mol. The van der Waals surface area contributed by atoms with E-state index in [1.54, 1.807) is 0 Å². The standard InChI is InChI=1S/C22H26N2O3/c1-13-7-9-15(10-8-13)18-16-11-12-24(6)20(16)23-14(2)17(18)19(21(25)26)27-22(3,4)5/h7-12,19H,1-6H3,(H,25,26). The van der Waals surface area contributed by atoms with Crippen LogP contribution in [0.15, 0.2) is 36.5 Å². The molecule has 0 bridgehead atoms. The number of carboxylic acid groups (broad SMARTS) is 1. The fraction of sp³-hybridized carbons (Fsp3) is 0.364. The summed E-state index contributed by atoms with van der Waals surface area (Å²) in [5.74, 6) is -1.02. The Morgan fingerprint density at radius 3 is 2.33 bits per heavy atom. The zero-order chi connectivity index (χ0) is 19.9. The lowest BCUT2D eigenvalue weighted by Crippen LogP contribution is -2.28. The van der Waals surface area contributed by atoms with Gasteiger partial charge in [-0.05, 0) is 46.2 Å². The molecule has 0 saturated carbocycles. The van der Waals surface area contributed by atoms with Crippen molar-refractivity contribution in [2.75, 3.05) is 0 Å². The van der Waals surface area contributed by atoms with Gasteiger partial charge < -0.3 is 14.4 Å². The average molecular weight is 366 g/mol. The summed E-state index contributed by atoms with van der Waals surface area (Å²) in [5.41, 5.74) is 4.47. The van der Waals surface area contributed by atoms with Crippen LogP contribution in [0.5, 0.6) is 0 Å². The number of nitrogens with zero attached hydrogens (tertiary/aromatic N) is 2. The van der Waals surface area contributed by atoms with Crippen molar-refractivity contribution in [3.8, 4) is 11.1 Å². The molecule has 1 N–H and O–H groups in total. The molecule has 1 atom stereocenters. The molecule has 0 fully saturated rings. The largest absolute Gasteiger partial charge is 0.479 e. The minimum atomic E-state index is -1.10. The molecule has 0 aliphatic rings. The molecule has 5 nitrogen and oxygen atoms in total. The number of ether oxygens (including phenoxy) is 1. The van der Waals surface area contributed by atoms with Gasteiger partial charge >= 0.3 is 5.97 Å². The fourth-order valence-corrected chi connectivity index (χ4v) is 3.34.